The van der Waals surface area contributed by atoms with E-state index >= 15 is 0 Å². The van der Waals surface area contributed by atoms with Crippen molar-refractivity contribution in [3.8, 4) is 0 Å². The van der Waals surface area contributed by atoms with E-state index in [-0.39, 0.29) is 0 Å². The van der Waals surface area contributed by atoms with Gasteiger partial charge in [0.2, 0.25) is 0 Å². The van der Waals surface area contributed by atoms with Crippen LogP contribution in [0.1, 0.15) is 17.3 Å². The molecular weight excluding hydrogens is 327 g/mol. The molecule has 0 radical (unpaired) electrons. The Balaban J connectivity index is 1.99. The van der Waals surface area contributed by atoms with Gasteiger partial charge >= 0.3 is 5.97 Å². The number of nitrogens with zero attached hydrogens (tertiary/aromatic N) is 1. The molecule has 22 heavy (non-hydrogen) atoms. The number of hydrogen-bond acceptors (Lipinski definition) is 4. The molecule has 1 unspecified atom stereocenters. The van der Waals surface area contributed by atoms with Crippen LogP contribution in [0.4, 0.5) is 5.69 Å². The molecule has 1 aromatic carbocycles. The van der Waals surface area contributed by atoms with Crippen LogP contribution in [0.15, 0.2) is 42.7 Å². The SMILES string of the molecule is CC(OC(=O)c1ccncc1)C(=O)Nc1ccc(Cl)cc1Cl. The van der Waals surface area contributed by atoms with Gasteiger partial charge in [0.1, 0.15) is 0 Å². The zero-order valence-corrected chi connectivity index (χ0v) is 13.1. The van der Waals surface area contributed by atoms with Crippen LogP contribution in [0.5, 0.6) is 0 Å². The average molecular weight is 339 g/mol. The lowest BCUT2D eigenvalue weighted by Gasteiger charge is -2.14. The second kappa shape index (κ2) is 7.24. The molecule has 1 atom stereocenters. The minimum absolute atomic E-state index is 0.300. The van der Waals surface area contributed by atoms with E-state index in [0.29, 0.717) is 21.3 Å². The predicted octanol–water partition coefficient (Wildman–Crippen LogP) is 3.57. The molecule has 1 N–H and O–H groups in total. The van der Waals surface area contributed by atoms with Gasteiger partial charge in [-0.15, -0.1) is 0 Å². The van der Waals surface area contributed by atoms with Crippen LogP contribution in [0.2, 0.25) is 10.0 Å². The highest BCUT2D eigenvalue weighted by molar-refractivity contribution is 6.36. The van der Waals surface area contributed by atoms with Gasteiger partial charge in [-0.3, -0.25) is 9.78 Å². The van der Waals surface area contributed by atoms with Gasteiger partial charge in [0.25, 0.3) is 5.91 Å². The molecule has 0 spiro atoms. The van der Waals surface area contributed by atoms with Gasteiger partial charge in [-0.05, 0) is 37.3 Å². The highest BCUT2D eigenvalue weighted by Crippen LogP contribution is 2.25. The Morgan fingerprint density at radius 1 is 1.18 bits per heavy atom. The van der Waals surface area contributed by atoms with E-state index in [4.69, 9.17) is 27.9 Å². The first-order valence-electron chi connectivity index (χ1n) is 6.34. The number of esters is 1. The van der Waals surface area contributed by atoms with Crippen molar-refractivity contribution >= 4 is 40.8 Å². The fourth-order valence-corrected chi connectivity index (χ4v) is 2.05. The fraction of sp³-hybridized carbons (Fsp3) is 0.133. The van der Waals surface area contributed by atoms with Crippen molar-refractivity contribution in [2.45, 2.75) is 13.0 Å². The molecule has 0 aliphatic carbocycles. The van der Waals surface area contributed by atoms with Crippen LogP contribution in [-0.2, 0) is 9.53 Å². The van der Waals surface area contributed by atoms with Gasteiger partial charge in [0.15, 0.2) is 6.10 Å². The highest BCUT2D eigenvalue weighted by atomic mass is 35.5. The number of hydrogen-bond donors (Lipinski definition) is 1. The normalized spacial score (nSPS) is 11.6. The Morgan fingerprint density at radius 3 is 2.50 bits per heavy atom. The van der Waals surface area contributed by atoms with Gasteiger partial charge in [-0.25, -0.2) is 4.79 Å². The standard InChI is InChI=1S/C15H12Cl2N2O3/c1-9(22-15(21)10-4-6-18-7-5-10)14(20)19-13-3-2-11(16)8-12(13)17/h2-9H,1H3,(H,19,20). The maximum Gasteiger partial charge on any atom is 0.339 e. The van der Waals surface area contributed by atoms with Crippen molar-refractivity contribution in [2.24, 2.45) is 0 Å². The van der Waals surface area contributed by atoms with Gasteiger partial charge in [-0.1, -0.05) is 23.2 Å². The summed E-state index contributed by atoms with van der Waals surface area (Å²) in [7, 11) is 0. The molecule has 2 rings (SSSR count). The van der Waals surface area contributed by atoms with Gasteiger partial charge in [0, 0.05) is 17.4 Å². The lowest BCUT2D eigenvalue weighted by molar-refractivity contribution is -0.123. The molecule has 0 aliphatic rings. The number of pyridine rings is 1. The number of anilines is 1. The molecule has 0 saturated carbocycles. The van der Waals surface area contributed by atoms with Gasteiger partial charge in [-0.2, -0.15) is 0 Å². The number of carbonyl (C=O) groups excluding carboxylic acids is 2. The summed E-state index contributed by atoms with van der Waals surface area (Å²) in [5, 5.41) is 3.33. The van der Waals surface area contributed by atoms with E-state index in [1.54, 1.807) is 12.1 Å². The molecule has 1 aromatic heterocycles. The second-order valence-corrected chi connectivity index (χ2v) is 5.24. The van der Waals surface area contributed by atoms with Crippen molar-refractivity contribution in [1.82, 2.24) is 4.98 Å². The summed E-state index contributed by atoms with van der Waals surface area (Å²) in [6, 6.07) is 7.68. The van der Waals surface area contributed by atoms with Crippen molar-refractivity contribution < 1.29 is 14.3 Å². The summed E-state index contributed by atoms with van der Waals surface area (Å²) in [4.78, 5) is 27.7. The molecule has 0 fully saturated rings. The van der Waals surface area contributed by atoms with Crippen LogP contribution in [-0.4, -0.2) is 23.0 Å². The van der Waals surface area contributed by atoms with Crippen molar-refractivity contribution in [3.63, 3.8) is 0 Å². The number of aromatic nitrogens is 1. The predicted molar refractivity (Wildman–Crippen MR) is 84.2 cm³/mol. The average Bonchev–Trinajstić information content (AvgIpc) is 2.50. The van der Waals surface area contributed by atoms with E-state index in [9.17, 15) is 9.59 Å². The number of halogens is 2. The van der Waals surface area contributed by atoms with Crippen molar-refractivity contribution in [1.29, 1.82) is 0 Å². The monoisotopic (exact) mass is 338 g/mol. The first-order chi connectivity index (χ1) is 10.5. The smallest absolute Gasteiger partial charge is 0.339 e. The summed E-state index contributed by atoms with van der Waals surface area (Å²) in [5.41, 5.74) is 0.710. The number of benzene rings is 1. The van der Waals surface area contributed by atoms with Crippen LogP contribution in [0.3, 0.4) is 0 Å². The molecule has 2 aromatic rings. The maximum atomic E-state index is 12.0. The Bertz CT molecular complexity index is 692. The molecule has 114 valence electrons. The van der Waals surface area contributed by atoms with E-state index in [1.165, 1.54) is 37.5 Å². The lowest BCUT2D eigenvalue weighted by atomic mass is 10.2. The molecule has 0 bridgehead atoms. The molecule has 1 heterocycles. The van der Waals surface area contributed by atoms with Gasteiger partial charge < -0.3 is 10.1 Å². The molecule has 0 saturated heterocycles. The van der Waals surface area contributed by atoms with E-state index in [0.717, 1.165) is 0 Å². The third kappa shape index (κ3) is 4.19. The van der Waals surface area contributed by atoms with Crippen LogP contribution in [0, 0.1) is 0 Å². The maximum absolute atomic E-state index is 12.0. The first-order valence-corrected chi connectivity index (χ1v) is 7.10. The lowest BCUT2D eigenvalue weighted by Crippen LogP contribution is -2.30. The van der Waals surface area contributed by atoms with Crippen LogP contribution in [0.25, 0.3) is 0 Å². The molecule has 5 nitrogen and oxygen atoms in total. The Labute approximate surface area is 137 Å². The number of amides is 1. The highest BCUT2D eigenvalue weighted by Gasteiger charge is 2.19. The third-order valence-electron chi connectivity index (χ3n) is 2.76. The zero-order chi connectivity index (χ0) is 16.1. The van der Waals surface area contributed by atoms with Gasteiger partial charge in [0.05, 0.1) is 16.3 Å². The van der Waals surface area contributed by atoms with Crippen molar-refractivity contribution in [2.75, 3.05) is 5.32 Å². The van der Waals surface area contributed by atoms with Crippen molar-refractivity contribution in [3.05, 3.63) is 58.3 Å². The zero-order valence-electron chi connectivity index (χ0n) is 11.5. The minimum atomic E-state index is -0.979. The fourth-order valence-electron chi connectivity index (χ4n) is 1.60. The Morgan fingerprint density at radius 2 is 1.86 bits per heavy atom. The third-order valence-corrected chi connectivity index (χ3v) is 3.31. The molecule has 7 heteroatoms. The number of rotatable bonds is 4. The summed E-state index contributed by atoms with van der Waals surface area (Å²) in [6.07, 6.45) is 1.95. The molecule has 0 aliphatic heterocycles. The second-order valence-electron chi connectivity index (χ2n) is 4.40. The number of carbonyl (C=O) groups is 2. The number of ether oxygens (including phenoxy) is 1. The Kier molecular flexibility index (Phi) is 5.35. The minimum Gasteiger partial charge on any atom is -0.449 e. The Hall–Kier alpha value is -2.11. The molecular formula is C15H12Cl2N2O3. The first kappa shape index (κ1) is 16.3. The summed E-state index contributed by atoms with van der Waals surface area (Å²) in [6.45, 7) is 1.47. The summed E-state index contributed by atoms with van der Waals surface area (Å²) >= 11 is 11.7. The van der Waals surface area contributed by atoms with E-state index in [1.807, 2.05) is 0 Å². The molecule has 1 amide bonds. The largest absolute Gasteiger partial charge is 0.449 e. The van der Waals surface area contributed by atoms with E-state index < -0.39 is 18.0 Å². The number of nitrogens with one attached hydrogen (secondary N) is 1. The quantitative estimate of drug-likeness (QED) is 0.865. The summed E-state index contributed by atoms with van der Waals surface area (Å²) in [5.74, 6) is -1.10. The summed E-state index contributed by atoms with van der Waals surface area (Å²) < 4.78 is 5.09. The topological polar surface area (TPSA) is 68.3 Å². The van der Waals surface area contributed by atoms with Crippen LogP contribution >= 0.6 is 23.2 Å². The van der Waals surface area contributed by atoms with Crippen LogP contribution < -0.4 is 5.32 Å². The van der Waals surface area contributed by atoms with E-state index in [2.05, 4.69) is 10.3 Å².